The predicted molar refractivity (Wildman–Crippen MR) is 86.4 cm³/mol. The maximum absolute atomic E-state index is 13.1. The highest BCUT2D eigenvalue weighted by Crippen LogP contribution is 2.25. The molecule has 1 N–H and O–H groups in total. The average Bonchev–Trinajstić information content (AvgIpc) is 2.49. The largest absolute Gasteiger partial charge is 0.449 e. The third kappa shape index (κ3) is 4.68. The number of anilines is 1. The molecule has 0 aliphatic rings. The number of benzene rings is 2. The van der Waals surface area contributed by atoms with Crippen LogP contribution in [0.2, 0.25) is 10.0 Å². The van der Waals surface area contributed by atoms with Crippen LogP contribution in [0.1, 0.15) is 17.3 Å². The van der Waals surface area contributed by atoms with Crippen LogP contribution in [0.15, 0.2) is 42.5 Å². The van der Waals surface area contributed by atoms with Gasteiger partial charge in [0, 0.05) is 5.02 Å². The van der Waals surface area contributed by atoms with Gasteiger partial charge in [-0.1, -0.05) is 29.3 Å². The van der Waals surface area contributed by atoms with Gasteiger partial charge in [0.25, 0.3) is 5.91 Å². The van der Waals surface area contributed by atoms with Gasteiger partial charge in [-0.05, 0) is 43.3 Å². The maximum Gasteiger partial charge on any atom is 0.339 e. The van der Waals surface area contributed by atoms with E-state index in [1.807, 2.05) is 0 Å². The number of esters is 1. The number of ether oxygens (including phenoxy) is 1. The Morgan fingerprint density at radius 2 is 1.91 bits per heavy atom. The normalized spacial score (nSPS) is 11.7. The van der Waals surface area contributed by atoms with Crippen LogP contribution in [-0.2, 0) is 9.53 Å². The minimum atomic E-state index is -1.09. The van der Waals surface area contributed by atoms with Crippen molar-refractivity contribution in [2.75, 3.05) is 5.32 Å². The third-order valence-corrected chi connectivity index (χ3v) is 3.45. The van der Waals surface area contributed by atoms with E-state index in [1.54, 1.807) is 6.07 Å². The van der Waals surface area contributed by atoms with Crippen LogP contribution in [0.25, 0.3) is 0 Å². The van der Waals surface area contributed by atoms with Gasteiger partial charge in [-0.3, -0.25) is 4.79 Å². The molecule has 0 aromatic heterocycles. The molecule has 2 aromatic carbocycles. The van der Waals surface area contributed by atoms with Gasteiger partial charge in [0.2, 0.25) is 0 Å². The minimum absolute atomic E-state index is 0.0224. The molecular formula is C16H12Cl2FNO3. The van der Waals surface area contributed by atoms with Gasteiger partial charge in [-0.25, -0.2) is 9.18 Å². The molecule has 0 heterocycles. The smallest absolute Gasteiger partial charge is 0.339 e. The van der Waals surface area contributed by atoms with Gasteiger partial charge in [-0.2, -0.15) is 0 Å². The number of amides is 1. The summed E-state index contributed by atoms with van der Waals surface area (Å²) in [6, 6.07) is 9.58. The summed E-state index contributed by atoms with van der Waals surface area (Å²) in [5.41, 5.74) is 0.365. The van der Waals surface area contributed by atoms with E-state index in [4.69, 9.17) is 27.9 Å². The first-order valence-electron chi connectivity index (χ1n) is 6.59. The number of rotatable bonds is 4. The number of halogens is 3. The zero-order valence-electron chi connectivity index (χ0n) is 12.0. The van der Waals surface area contributed by atoms with E-state index in [0.717, 1.165) is 6.07 Å². The first-order valence-corrected chi connectivity index (χ1v) is 7.35. The van der Waals surface area contributed by atoms with Gasteiger partial charge in [-0.15, -0.1) is 0 Å². The Labute approximate surface area is 142 Å². The zero-order valence-corrected chi connectivity index (χ0v) is 13.5. The SMILES string of the molecule is C[C@@H](OC(=O)c1cccc(F)c1)C(=O)Nc1ccc(Cl)cc1Cl. The predicted octanol–water partition coefficient (Wildman–Crippen LogP) is 4.32. The van der Waals surface area contributed by atoms with E-state index < -0.39 is 23.8 Å². The van der Waals surface area contributed by atoms with Crippen molar-refractivity contribution >= 4 is 40.8 Å². The first-order chi connectivity index (χ1) is 10.9. The summed E-state index contributed by atoms with van der Waals surface area (Å²) in [4.78, 5) is 23.9. The molecule has 2 rings (SSSR count). The quantitative estimate of drug-likeness (QED) is 0.831. The number of hydrogen-bond donors (Lipinski definition) is 1. The molecule has 7 heteroatoms. The Bertz CT molecular complexity index is 752. The van der Waals surface area contributed by atoms with Gasteiger partial charge >= 0.3 is 5.97 Å². The molecule has 0 aliphatic carbocycles. The Morgan fingerprint density at radius 1 is 1.17 bits per heavy atom. The molecule has 0 radical (unpaired) electrons. The summed E-state index contributed by atoms with van der Waals surface area (Å²) in [6.45, 7) is 1.40. The van der Waals surface area contributed by atoms with E-state index in [9.17, 15) is 14.0 Å². The van der Waals surface area contributed by atoms with Crippen molar-refractivity contribution in [1.82, 2.24) is 0 Å². The van der Waals surface area contributed by atoms with Gasteiger partial charge in [0.05, 0.1) is 16.3 Å². The molecular weight excluding hydrogens is 344 g/mol. The maximum atomic E-state index is 13.1. The number of nitrogens with one attached hydrogen (secondary N) is 1. The Balaban J connectivity index is 2.01. The summed E-state index contributed by atoms with van der Waals surface area (Å²) >= 11 is 11.7. The zero-order chi connectivity index (χ0) is 17.0. The second-order valence-electron chi connectivity index (χ2n) is 4.67. The summed E-state index contributed by atoms with van der Waals surface area (Å²) in [5, 5.41) is 3.21. The van der Waals surface area contributed by atoms with E-state index in [2.05, 4.69) is 5.32 Å². The Hall–Kier alpha value is -2.11. The molecule has 0 aliphatic heterocycles. The fourth-order valence-electron chi connectivity index (χ4n) is 1.72. The molecule has 0 fully saturated rings. The fraction of sp³-hybridized carbons (Fsp3) is 0.125. The number of carbonyl (C=O) groups is 2. The summed E-state index contributed by atoms with van der Waals surface area (Å²) in [6.07, 6.45) is -1.09. The third-order valence-electron chi connectivity index (χ3n) is 2.90. The van der Waals surface area contributed by atoms with Crippen LogP contribution in [0.5, 0.6) is 0 Å². The monoisotopic (exact) mass is 355 g/mol. The molecule has 0 spiro atoms. The van der Waals surface area contributed by atoms with Gasteiger partial charge < -0.3 is 10.1 Å². The standard InChI is InChI=1S/C16H12Cl2FNO3/c1-9(23-16(22)10-3-2-4-12(19)7-10)15(21)20-14-6-5-11(17)8-13(14)18/h2-9H,1H3,(H,20,21)/t9-/m1/s1. The molecule has 2 aromatic rings. The van der Waals surface area contributed by atoms with Crippen molar-refractivity contribution in [3.8, 4) is 0 Å². The highest BCUT2D eigenvalue weighted by atomic mass is 35.5. The van der Waals surface area contributed by atoms with Crippen LogP contribution >= 0.6 is 23.2 Å². The van der Waals surface area contributed by atoms with Gasteiger partial charge in [0.1, 0.15) is 5.82 Å². The first kappa shape index (κ1) is 17.2. The second kappa shape index (κ2) is 7.44. The molecule has 0 saturated heterocycles. The molecule has 0 saturated carbocycles. The van der Waals surface area contributed by atoms with Crippen molar-refractivity contribution in [2.24, 2.45) is 0 Å². The minimum Gasteiger partial charge on any atom is -0.449 e. The lowest BCUT2D eigenvalue weighted by atomic mass is 10.2. The van der Waals surface area contributed by atoms with Crippen molar-refractivity contribution in [3.05, 3.63) is 63.9 Å². The van der Waals surface area contributed by atoms with Crippen molar-refractivity contribution < 1.29 is 18.7 Å². The summed E-state index contributed by atoms with van der Waals surface area (Å²) in [7, 11) is 0. The van der Waals surface area contributed by atoms with E-state index in [-0.39, 0.29) is 10.6 Å². The van der Waals surface area contributed by atoms with E-state index in [1.165, 1.54) is 37.3 Å². The van der Waals surface area contributed by atoms with Crippen molar-refractivity contribution in [3.63, 3.8) is 0 Å². The molecule has 0 unspecified atom stereocenters. The van der Waals surface area contributed by atoms with Crippen molar-refractivity contribution in [1.29, 1.82) is 0 Å². The van der Waals surface area contributed by atoms with Crippen LogP contribution in [0.4, 0.5) is 10.1 Å². The average molecular weight is 356 g/mol. The van der Waals surface area contributed by atoms with Crippen LogP contribution < -0.4 is 5.32 Å². The molecule has 0 bridgehead atoms. The Kier molecular flexibility index (Phi) is 5.58. The molecule has 1 amide bonds. The summed E-state index contributed by atoms with van der Waals surface area (Å²) in [5.74, 6) is -1.93. The Morgan fingerprint density at radius 3 is 2.57 bits per heavy atom. The lowest BCUT2D eigenvalue weighted by Crippen LogP contribution is -2.30. The van der Waals surface area contributed by atoms with Crippen molar-refractivity contribution in [2.45, 2.75) is 13.0 Å². The van der Waals surface area contributed by atoms with Gasteiger partial charge in [0.15, 0.2) is 6.10 Å². The van der Waals surface area contributed by atoms with Crippen LogP contribution in [-0.4, -0.2) is 18.0 Å². The molecule has 120 valence electrons. The summed E-state index contributed by atoms with van der Waals surface area (Å²) < 4.78 is 18.1. The topological polar surface area (TPSA) is 55.4 Å². The fourth-order valence-corrected chi connectivity index (χ4v) is 2.18. The molecule has 1 atom stereocenters. The second-order valence-corrected chi connectivity index (χ2v) is 5.51. The van der Waals surface area contributed by atoms with E-state index in [0.29, 0.717) is 10.7 Å². The highest BCUT2D eigenvalue weighted by molar-refractivity contribution is 6.36. The number of carbonyl (C=O) groups excluding carboxylic acids is 2. The van der Waals surface area contributed by atoms with Crippen LogP contribution in [0, 0.1) is 5.82 Å². The highest BCUT2D eigenvalue weighted by Gasteiger charge is 2.20. The van der Waals surface area contributed by atoms with Crippen LogP contribution in [0.3, 0.4) is 0 Å². The lowest BCUT2D eigenvalue weighted by Gasteiger charge is -2.14. The lowest BCUT2D eigenvalue weighted by molar-refractivity contribution is -0.123. The van der Waals surface area contributed by atoms with E-state index >= 15 is 0 Å². The number of hydrogen-bond acceptors (Lipinski definition) is 3. The molecule has 23 heavy (non-hydrogen) atoms. The molecule has 4 nitrogen and oxygen atoms in total.